The molecule has 12 aromatic rings. The van der Waals surface area contributed by atoms with Crippen molar-refractivity contribution in [3.05, 3.63) is 213 Å². The number of benzene rings is 9. The molecule has 0 bridgehead atoms. The highest BCUT2D eigenvalue weighted by Gasteiger charge is 2.24. The molecule has 0 saturated carbocycles. The van der Waals surface area contributed by atoms with E-state index in [1.165, 1.54) is 21.5 Å². The molecule has 6 heteroatoms. The van der Waals surface area contributed by atoms with E-state index in [0.29, 0.717) is 11.4 Å². The first kappa shape index (κ1) is 33.9. The zero-order chi connectivity index (χ0) is 39.6. The third kappa shape index (κ3) is 5.35. The minimum atomic E-state index is 0.647. The molecule has 0 aliphatic rings. The van der Waals surface area contributed by atoms with Crippen molar-refractivity contribution in [2.24, 2.45) is 0 Å². The normalized spacial score (nSPS) is 11.7. The topological polar surface area (TPSA) is 50.3 Å². The molecule has 0 unspecified atom stereocenters. The van der Waals surface area contributed by atoms with E-state index >= 15 is 0 Å². The number of anilines is 6. The average molecular weight is 770 g/mol. The van der Waals surface area contributed by atoms with Crippen LogP contribution in [-0.4, -0.2) is 14.5 Å². The fourth-order valence-electron chi connectivity index (χ4n) is 8.99. The van der Waals surface area contributed by atoms with Gasteiger partial charge in [-0.1, -0.05) is 121 Å². The fourth-order valence-corrected chi connectivity index (χ4v) is 8.99. The third-order valence-corrected chi connectivity index (χ3v) is 11.6. The second-order valence-corrected chi connectivity index (χ2v) is 15.1. The number of nitrogens with zero attached hydrogens (tertiary/aromatic N) is 5. The molecule has 0 aliphatic heterocycles. The lowest BCUT2D eigenvalue weighted by Gasteiger charge is -2.27. The van der Waals surface area contributed by atoms with Crippen LogP contribution >= 0.6 is 0 Å². The van der Waals surface area contributed by atoms with Crippen LogP contribution in [0.25, 0.3) is 71.2 Å². The van der Waals surface area contributed by atoms with Crippen LogP contribution in [0.4, 0.5) is 34.1 Å². The number of rotatable bonds is 7. The van der Waals surface area contributed by atoms with Gasteiger partial charge >= 0.3 is 0 Å². The second kappa shape index (κ2) is 13.7. The van der Waals surface area contributed by atoms with E-state index in [2.05, 4.69) is 202 Å². The number of aromatic nitrogens is 3. The van der Waals surface area contributed by atoms with Gasteiger partial charge in [0.1, 0.15) is 17.4 Å². The molecule has 12 rings (SSSR count). The Labute approximate surface area is 345 Å². The van der Waals surface area contributed by atoms with Crippen LogP contribution in [0.5, 0.6) is 0 Å². The van der Waals surface area contributed by atoms with Crippen LogP contribution in [-0.2, 0) is 0 Å². The first-order valence-corrected chi connectivity index (χ1v) is 20.2. The molecule has 60 heavy (non-hydrogen) atoms. The zero-order valence-corrected chi connectivity index (χ0v) is 32.4. The summed E-state index contributed by atoms with van der Waals surface area (Å²) in [6.07, 6.45) is 1.65. The number of hydrogen-bond acceptors (Lipinski definition) is 5. The maximum Gasteiger partial charge on any atom is 0.197 e. The van der Waals surface area contributed by atoms with E-state index in [9.17, 15) is 0 Å². The summed E-state index contributed by atoms with van der Waals surface area (Å²) in [6.45, 7) is 0. The first-order chi connectivity index (χ1) is 29.8. The number of fused-ring (bicyclic) bond motifs is 8. The van der Waals surface area contributed by atoms with Gasteiger partial charge in [0, 0.05) is 49.7 Å². The van der Waals surface area contributed by atoms with E-state index in [1.807, 2.05) is 18.2 Å². The first-order valence-electron chi connectivity index (χ1n) is 20.2. The molecule has 282 valence electrons. The summed E-state index contributed by atoms with van der Waals surface area (Å²) in [6, 6.07) is 73.1. The van der Waals surface area contributed by atoms with Gasteiger partial charge in [0.25, 0.3) is 0 Å². The lowest BCUT2D eigenvalue weighted by atomic mass is 10.0. The molecule has 9 aromatic carbocycles. The van der Waals surface area contributed by atoms with E-state index in [-0.39, 0.29) is 0 Å². The Morgan fingerprint density at radius 2 is 0.867 bits per heavy atom. The van der Waals surface area contributed by atoms with Gasteiger partial charge in [-0.3, -0.25) is 4.57 Å². The Balaban J connectivity index is 1.16. The van der Waals surface area contributed by atoms with Gasteiger partial charge in [0.2, 0.25) is 0 Å². The predicted octanol–water partition coefficient (Wildman–Crippen LogP) is 14.7. The van der Waals surface area contributed by atoms with Crippen molar-refractivity contribution in [3.63, 3.8) is 0 Å². The summed E-state index contributed by atoms with van der Waals surface area (Å²) in [5.74, 6) is 0.694. The summed E-state index contributed by atoms with van der Waals surface area (Å²) in [7, 11) is 0. The van der Waals surface area contributed by atoms with E-state index in [0.717, 1.165) is 72.4 Å². The highest BCUT2D eigenvalue weighted by molar-refractivity contribution is 6.14. The number of hydrogen-bond donors (Lipinski definition) is 0. The van der Waals surface area contributed by atoms with Gasteiger partial charge in [-0.25, -0.2) is 9.97 Å². The average Bonchev–Trinajstić information content (AvgIpc) is 3.86. The van der Waals surface area contributed by atoms with E-state index in [1.54, 1.807) is 6.33 Å². The minimum absolute atomic E-state index is 0.647. The van der Waals surface area contributed by atoms with Crippen molar-refractivity contribution < 1.29 is 4.42 Å². The third-order valence-electron chi connectivity index (χ3n) is 11.6. The van der Waals surface area contributed by atoms with E-state index < -0.39 is 0 Å². The summed E-state index contributed by atoms with van der Waals surface area (Å²) >= 11 is 0. The molecular weight excluding hydrogens is 735 g/mol. The molecule has 0 aliphatic carbocycles. The molecule has 3 heterocycles. The van der Waals surface area contributed by atoms with Crippen LogP contribution in [0.1, 0.15) is 0 Å². The quantitative estimate of drug-likeness (QED) is 0.162. The van der Waals surface area contributed by atoms with Crippen molar-refractivity contribution >= 4 is 99.5 Å². The van der Waals surface area contributed by atoms with E-state index in [4.69, 9.17) is 14.4 Å². The molecule has 0 saturated heterocycles. The lowest BCUT2D eigenvalue weighted by molar-refractivity contribution is 0.662. The minimum Gasteiger partial charge on any atom is -0.450 e. The van der Waals surface area contributed by atoms with Crippen LogP contribution in [0, 0.1) is 0 Å². The van der Waals surface area contributed by atoms with Crippen LogP contribution in [0.15, 0.2) is 217 Å². The Morgan fingerprint density at radius 3 is 1.43 bits per heavy atom. The van der Waals surface area contributed by atoms with Gasteiger partial charge < -0.3 is 14.2 Å². The van der Waals surface area contributed by atoms with Gasteiger partial charge in [0.15, 0.2) is 11.4 Å². The molecule has 0 radical (unpaired) electrons. The second-order valence-electron chi connectivity index (χ2n) is 15.1. The largest absolute Gasteiger partial charge is 0.450 e. The van der Waals surface area contributed by atoms with Gasteiger partial charge in [0.05, 0.1) is 22.4 Å². The van der Waals surface area contributed by atoms with Crippen molar-refractivity contribution in [2.45, 2.75) is 0 Å². The molecule has 0 fully saturated rings. The monoisotopic (exact) mass is 769 g/mol. The zero-order valence-electron chi connectivity index (χ0n) is 32.4. The highest BCUT2D eigenvalue weighted by Crippen LogP contribution is 2.45. The van der Waals surface area contributed by atoms with Crippen molar-refractivity contribution in [3.8, 4) is 5.82 Å². The number of para-hydroxylation sites is 3. The van der Waals surface area contributed by atoms with Crippen LogP contribution in [0.3, 0.4) is 0 Å². The van der Waals surface area contributed by atoms with Crippen molar-refractivity contribution in [1.29, 1.82) is 0 Å². The van der Waals surface area contributed by atoms with Gasteiger partial charge in [-0.05, 0) is 95.7 Å². The molecule has 6 nitrogen and oxygen atoms in total. The van der Waals surface area contributed by atoms with Crippen molar-refractivity contribution in [1.82, 2.24) is 14.5 Å². The fraction of sp³-hybridized carbons (Fsp3) is 0. The van der Waals surface area contributed by atoms with Gasteiger partial charge in [-0.2, -0.15) is 0 Å². The van der Waals surface area contributed by atoms with Crippen LogP contribution in [0.2, 0.25) is 0 Å². The Kier molecular flexibility index (Phi) is 7.74. The molecule has 0 atom stereocenters. The summed E-state index contributed by atoms with van der Waals surface area (Å²) < 4.78 is 8.82. The predicted molar refractivity (Wildman–Crippen MR) is 248 cm³/mol. The SMILES string of the molecule is c1ccc(N(c2ccc3c(c2)c2cc(N(c4ccccc4)c4cccc5ccccc45)ccc2n3-c2ncnc3c2oc2ccccc23)c2cccc3ccccc23)cc1. The van der Waals surface area contributed by atoms with Crippen LogP contribution < -0.4 is 9.80 Å². The lowest BCUT2D eigenvalue weighted by Crippen LogP contribution is -2.10. The Morgan fingerprint density at radius 1 is 0.383 bits per heavy atom. The summed E-state index contributed by atoms with van der Waals surface area (Å²) in [5.41, 5.74) is 10.7. The molecule has 0 amide bonds. The summed E-state index contributed by atoms with van der Waals surface area (Å²) in [4.78, 5) is 14.4. The smallest absolute Gasteiger partial charge is 0.197 e. The maximum absolute atomic E-state index is 6.58. The van der Waals surface area contributed by atoms with Crippen molar-refractivity contribution in [2.75, 3.05) is 9.80 Å². The molecule has 3 aromatic heterocycles. The molecular formula is C54H35N5O. The van der Waals surface area contributed by atoms with Gasteiger partial charge in [-0.15, -0.1) is 0 Å². The summed E-state index contributed by atoms with van der Waals surface area (Å²) in [5, 5.41) is 7.85. The highest BCUT2D eigenvalue weighted by atomic mass is 16.3. The maximum atomic E-state index is 6.58. The molecule has 0 N–H and O–H groups in total. The Bertz CT molecular complexity index is 3380. The Hall–Kier alpha value is -8.22. The molecule has 0 spiro atoms. The number of furan rings is 1. The standard InChI is InChI=1S/C54H35N5O/c1-3-19-38(20-4-1)57(47-26-13-17-36-15-7-9-23-42(36)47)40-29-31-49-45(33-40)46-34-41(58(39-21-5-2-6-22-39)48-27-14-18-37-16-8-10-24-43(37)48)30-32-50(46)59(49)54-53-52(55-35-56-54)44-25-11-12-28-51(44)60-53/h1-35H.